The van der Waals surface area contributed by atoms with Gasteiger partial charge in [0, 0.05) is 56.4 Å². The second kappa shape index (κ2) is 14.3. The monoisotopic (exact) mass is 651 g/mol. The molecule has 4 aromatic rings. The van der Waals surface area contributed by atoms with Crippen molar-refractivity contribution in [1.29, 1.82) is 0 Å². The number of benzene rings is 3. The molecule has 13 heteroatoms. The number of hydrogen-bond donors (Lipinski definition) is 0. The van der Waals surface area contributed by atoms with Gasteiger partial charge in [-0.05, 0) is 77.4 Å². The van der Waals surface area contributed by atoms with Crippen LogP contribution >= 0.6 is 0 Å². The van der Waals surface area contributed by atoms with Gasteiger partial charge in [-0.2, -0.15) is 13.2 Å². The van der Waals surface area contributed by atoms with E-state index in [9.17, 15) is 23.3 Å². The number of nitro groups is 1. The van der Waals surface area contributed by atoms with Gasteiger partial charge in [0.05, 0.1) is 12.2 Å². The maximum Gasteiger partial charge on any atom is 0.416 e. The average molecular weight is 652 g/mol. The maximum absolute atomic E-state index is 12.7. The number of hydrogen-bond acceptors (Lipinski definition) is 8. The quantitative estimate of drug-likeness (QED) is 0.0991. The standard InChI is InChI=1S/C34H36F3N5O5/c35-34(36,37)27-7-3-25(4-8-27)2-1-21-45-29-11-5-26(6-12-29)22-39-17-19-40(20-18-39)28-9-13-30(14-10-28)46-24-31-15-16-41-23-32(42(43)44)38-33(41)47-31/h3-14,23,31H,1-2,15-22,24H2/t31-/m1/s1. The fourth-order valence-corrected chi connectivity index (χ4v) is 5.72. The zero-order valence-electron chi connectivity index (χ0n) is 25.8. The van der Waals surface area contributed by atoms with Crippen molar-refractivity contribution in [2.75, 3.05) is 44.3 Å². The van der Waals surface area contributed by atoms with Crippen molar-refractivity contribution in [3.05, 3.63) is 106 Å². The van der Waals surface area contributed by atoms with Crippen molar-refractivity contribution in [1.82, 2.24) is 14.5 Å². The molecule has 0 spiro atoms. The van der Waals surface area contributed by atoms with Crippen LogP contribution in [0.25, 0.3) is 0 Å². The molecule has 10 nitrogen and oxygen atoms in total. The Hall–Kier alpha value is -4.78. The molecular formula is C34H36F3N5O5. The van der Waals surface area contributed by atoms with E-state index in [-0.39, 0.29) is 17.9 Å². The molecule has 1 saturated heterocycles. The Bertz CT molecular complexity index is 1620. The van der Waals surface area contributed by atoms with Crippen LogP contribution in [0, 0.1) is 10.1 Å². The third kappa shape index (κ3) is 8.53. The second-order valence-electron chi connectivity index (χ2n) is 11.7. The topological polar surface area (TPSA) is 95.1 Å². The number of nitrogens with zero attached hydrogens (tertiary/aromatic N) is 5. The van der Waals surface area contributed by atoms with E-state index in [0.717, 1.165) is 67.6 Å². The lowest BCUT2D eigenvalue weighted by atomic mass is 10.1. The lowest BCUT2D eigenvalue weighted by molar-refractivity contribution is -0.389. The van der Waals surface area contributed by atoms with Gasteiger partial charge >= 0.3 is 18.0 Å². The van der Waals surface area contributed by atoms with Gasteiger partial charge < -0.3 is 29.2 Å². The molecule has 3 heterocycles. The summed E-state index contributed by atoms with van der Waals surface area (Å²) in [5, 5.41) is 11.0. The number of anilines is 1. The van der Waals surface area contributed by atoms with Gasteiger partial charge in [0.2, 0.25) is 0 Å². The zero-order valence-corrected chi connectivity index (χ0v) is 25.8. The third-order valence-electron chi connectivity index (χ3n) is 8.38. The van der Waals surface area contributed by atoms with Gasteiger partial charge in [-0.25, -0.2) is 0 Å². The van der Waals surface area contributed by atoms with Crippen LogP contribution in [0.4, 0.5) is 24.7 Å². The highest BCUT2D eigenvalue weighted by molar-refractivity contribution is 5.49. The SMILES string of the molecule is O=[N+]([O-])c1cn2c(n1)O[C@@H](COc1ccc(N3CCN(Cc4ccc(OCCCc5ccc(C(F)(F)F)cc5)cc4)CC3)cc1)CC2. The van der Waals surface area contributed by atoms with E-state index in [1.165, 1.54) is 23.9 Å². The maximum atomic E-state index is 12.7. The summed E-state index contributed by atoms with van der Waals surface area (Å²) in [7, 11) is 0. The van der Waals surface area contributed by atoms with E-state index in [1.54, 1.807) is 4.57 Å². The molecule has 6 rings (SSSR count). The number of ether oxygens (including phenoxy) is 3. The fourth-order valence-electron chi connectivity index (χ4n) is 5.72. The van der Waals surface area contributed by atoms with Crippen LogP contribution in [0.15, 0.2) is 79.0 Å². The van der Waals surface area contributed by atoms with E-state index in [0.29, 0.717) is 39.0 Å². The van der Waals surface area contributed by atoms with Crippen LogP contribution in [-0.2, 0) is 25.7 Å². The molecule has 2 aliphatic rings. The summed E-state index contributed by atoms with van der Waals surface area (Å²) in [6, 6.07) is 21.7. The number of fused-ring (bicyclic) bond motifs is 1. The number of imidazole rings is 1. The van der Waals surface area contributed by atoms with E-state index < -0.39 is 16.7 Å². The first kappa shape index (κ1) is 32.2. The summed E-state index contributed by atoms with van der Waals surface area (Å²) < 4.78 is 57.4. The lowest BCUT2D eigenvalue weighted by Gasteiger charge is -2.36. The molecule has 0 N–H and O–H groups in total. The lowest BCUT2D eigenvalue weighted by Crippen LogP contribution is -2.45. The normalized spacial score (nSPS) is 16.7. The van der Waals surface area contributed by atoms with Crippen LogP contribution in [0.2, 0.25) is 0 Å². The van der Waals surface area contributed by atoms with Gasteiger partial charge in [0.25, 0.3) is 0 Å². The number of aromatic nitrogens is 2. The number of halogens is 3. The van der Waals surface area contributed by atoms with Crippen molar-refractivity contribution in [2.45, 2.75) is 44.6 Å². The van der Waals surface area contributed by atoms with Crippen molar-refractivity contribution < 1.29 is 32.3 Å². The number of aryl methyl sites for hydroxylation is 2. The predicted octanol–water partition coefficient (Wildman–Crippen LogP) is 6.37. The predicted molar refractivity (Wildman–Crippen MR) is 169 cm³/mol. The molecule has 1 aromatic heterocycles. The van der Waals surface area contributed by atoms with Crippen LogP contribution in [-0.4, -0.2) is 64.9 Å². The second-order valence-corrected chi connectivity index (χ2v) is 11.7. The molecule has 248 valence electrons. The summed E-state index contributed by atoms with van der Waals surface area (Å²) in [6.45, 7) is 5.97. The summed E-state index contributed by atoms with van der Waals surface area (Å²) in [4.78, 5) is 19.2. The summed E-state index contributed by atoms with van der Waals surface area (Å²) in [6.07, 6.45) is -1.10. The van der Waals surface area contributed by atoms with E-state index in [4.69, 9.17) is 14.2 Å². The largest absolute Gasteiger partial charge is 0.494 e. The Balaban J connectivity index is 0.879. The summed E-state index contributed by atoms with van der Waals surface area (Å²) in [5.74, 6) is 1.30. The third-order valence-corrected chi connectivity index (χ3v) is 8.38. The Morgan fingerprint density at radius 2 is 1.53 bits per heavy atom. The van der Waals surface area contributed by atoms with E-state index in [1.807, 2.05) is 24.3 Å². The van der Waals surface area contributed by atoms with Crippen molar-refractivity contribution >= 4 is 11.5 Å². The van der Waals surface area contributed by atoms with Gasteiger partial charge in [-0.15, -0.1) is 0 Å². The first-order valence-corrected chi connectivity index (χ1v) is 15.7. The highest BCUT2D eigenvalue weighted by Gasteiger charge is 2.30. The van der Waals surface area contributed by atoms with E-state index >= 15 is 0 Å². The number of rotatable bonds is 12. The van der Waals surface area contributed by atoms with E-state index in [2.05, 4.69) is 39.0 Å². The van der Waals surface area contributed by atoms with Crippen LogP contribution in [0.3, 0.4) is 0 Å². The molecule has 2 aliphatic heterocycles. The average Bonchev–Trinajstić information content (AvgIpc) is 3.51. The molecule has 0 radical (unpaired) electrons. The highest BCUT2D eigenvalue weighted by atomic mass is 19.4. The van der Waals surface area contributed by atoms with Gasteiger partial charge in [-0.1, -0.05) is 24.3 Å². The number of alkyl halides is 3. The molecule has 0 saturated carbocycles. The van der Waals surface area contributed by atoms with Crippen molar-refractivity contribution in [2.24, 2.45) is 0 Å². The smallest absolute Gasteiger partial charge is 0.416 e. The Morgan fingerprint density at radius 3 is 2.21 bits per heavy atom. The minimum Gasteiger partial charge on any atom is -0.494 e. The van der Waals surface area contributed by atoms with Gasteiger partial charge in [-0.3, -0.25) is 9.47 Å². The van der Waals surface area contributed by atoms with Gasteiger partial charge in [0.1, 0.15) is 30.4 Å². The Labute approximate surface area is 270 Å². The zero-order chi connectivity index (χ0) is 32.8. The molecule has 0 amide bonds. The summed E-state index contributed by atoms with van der Waals surface area (Å²) >= 11 is 0. The molecular weight excluding hydrogens is 615 g/mol. The van der Waals surface area contributed by atoms with Crippen LogP contribution in [0.5, 0.6) is 17.5 Å². The fraction of sp³-hybridized carbons (Fsp3) is 0.382. The van der Waals surface area contributed by atoms with Crippen molar-refractivity contribution in [3.63, 3.8) is 0 Å². The Kier molecular flexibility index (Phi) is 9.81. The Morgan fingerprint density at radius 1 is 0.872 bits per heavy atom. The number of piperazine rings is 1. The molecule has 0 bridgehead atoms. The molecule has 47 heavy (non-hydrogen) atoms. The molecule has 0 aliphatic carbocycles. The van der Waals surface area contributed by atoms with Gasteiger partial charge in [0.15, 0.2) is 0 Å². The first-order valence-electron chi connectivity index (χ1n) is 15.7. The molecule has 0 unspecified atom stereocenters. The highest BCUT2D eigenvalue weighted by Crippen LogP contribution is 2.29. The molecule has 1 atom stereocenters. The minimum atomic E-state index is -4.31. The van der Waals surface area contributed by atoms with Crippen LogP contribution < -0.4 is 19.1 Å². The van der Waals surface area contributed by atoms with Crippen LogP contribution in [0.1, 0.15) is 29.5 Å². The summed E-state index contributed by atoms with van der Waals surface area (Å²) in [5.41, 5.74) is 2.58. The molecule has 3 aromatic carbocycles. The molecule has 1 fully saturated rings. The minimum absolute atomic E-state index is 0.217. The van der Waals surface area contributed by atoms with Crippen molar-refractivity contribution in [3.8, 4) is 17.5 Å². The first-order chi connectivity index (χ1) is 22.7.